The summed E-state index contributed by atoms with van der Waals surface area (Å²) in [6, 6.07) is 5.62. The highest BCUT2D eigenvalue weighted by Gasteiger charge is 2.14. The number of ether oxygens (including phenoxy) is 1. The Balaban J connectivity index is 2.24. The molecule has 0 bridgehead atoms. The zero-order chi connectivity index (χ0) is 14.5. The molecule has 2 aromatic rings. The Morgan fingerprint density at radius 1 is 1.40 bits per heavy atom. The van der Waals surface area contributed by atoms with E-state index in [9.17, 15) is 4.79 Å². The number of hydrogen-bond acceptors (Lipinski definition) is 4. The number of para-hydroxylation sites is 1. The van der Waals surface area contributed by atoms with Crippen molar-refractivity contribution in [1.29, 1.82) is 0 Å². The first-order valence-corrected chi connectivity index (χ1v) is 7.06. The summed E-state index contributed by atoms with van der Waals surface area (Å²) in [5, 5.41) is 0. The van der Waals surface area contributed by atoms with Crippen molar-refractivity contribution in [2.45, 2.75) is 39.7 Å². The predicted molar refractivity (Wildman–Crippen MR) is 79.4 cm³/mol. The molecule has 0 fully saturated rings. The zero-order valence-electron chi connectivity index (χ0n) is 12.1. The van der Waals surface area contributed by atoms with Crippen LogP contribution in [0.25, 0.3) is 11.0 Å². The molecular weight excluding hydrogens is 254 g/mol. The molecule has 0 radical (unpaired) electrons. The standard InChI is InChI=1S/C15H21N3O2/c1-3-5-9-20-14(19)10-18-12-8-6-7-11(16)15(12)17-13(18)4-2/h6-8H,3-5,9-10,16H2,1-2H3. The van der Waals surface area contributed by atoms with Crippen molar-refractivity contribution in [3.63, 3.8) is 0 Å². The molecule has 2 rings (SSSR count). The van der Waals surface area contributed by atoms with Crippen LogP contribution in [0.5, 0.6) is 0 Å². The van der Waals surface area contributed by atoms with E-state index in [2.05, 4.69) is 11.9 Å². The number of imidazole rings is 1. The molecule has 5 heteroatoms. The summed E-state index contributed by atoms with van der Waals surface area (Å²) < 4.78 is 7.10. The van der Waals surface area contributed by atoms with Crippen molar-refractivity contribution < 1.29 is 9.53 Å². The van der Waals surface area contributed by atoms with Crippen molar-refractivity contribution in [2.24, 2.45) is 0 Å². The second-order valence-electron chi connectivity index (χ2n) is 4.76. The van der Waals surface area contributed by atoms with E-state index in [1.54, 1.807) is 0 Å². The number of carbonyl (C=O) groups excluding carboxylic acids is 1. The van der Waals surface area contributed by atoms with Gasteiger partial charge in [0, 0.05) is 6.42 Å². The molecule has 0 unspecified atom stereocenters. The molecule has 0 saturated heterocycles. The summed E-state index contributed by atoms with van der Waals surface area (Å²) >= 11 is 0. The molecular formula is C15H21N3O2. The van der Waals surface area contributed by atoms with Crippen LogP contribution >= 0.6 is 0 Å². The van der Waals surface area contributed by atoms with Crippen molar-refractivity contribution >= 4 is 22.7 Å². The smallest absolute Gasteiger partial charge is 0.326 e. The van der Waals surface area contributed by atoms with Gasteiger partial charge in [-0.1, -0.05) is 26.3 Å². The van der Waals surface area contributed by atoms with Crippen LogP contribution in [0.15, 0.2) is 18.2 Å². The lowest BCUT2D eigenvalue weighted by Crippen LogP contribution is -2.16. The van der Waals surface area contributed by atoms with Crippen molar-refractivity contribution in [3.05, 3.63) is 24.0 Å². The number of esters is 1. The topological polar surface area (TPSA) is 70.1 Å². The highest BCUT2D eigenvalue weighted by Crippen LogP contribution is 2.22. The minimum Gasteiger partial charge on any atom is -0.464 e. The Morgan fingerprint density at radius 2 is 2.20 bits per heavy atom. The fourth-order valence-electron chi connectivity index (χ4n) is 2.17. The third kappa shape index (κ3) is 2.92. The molecule has 0 aliphatic heterocycles. The Bertz CT molecular complexity index is 604. The molecule has 0 saturated carbocycles. The number of aryl methyl sites for hydroxylation is 1. The molecule has 1 aromatic heterocycles. The highest BCUT2D eigenvalue weighted by molar-refractivity contribution is 5.88. The van der Waals surface area contributed by atoms with Crippen LogP contribution in [0.2, 0.25) is 0 Å². The number of aromatic nitrogens is 2. The fraction of sp³-hybridized carbons (Fsp3) is 0.467. The lowest BCUT2D eigenvalue weighted by molar-refractivity contribution is -0.144. The van der Waals surface area contributed by atoms with Crippen molar-refractivity contribution in [3.8, 4) is 0 Å². The number of carbonyl (C=O) groups is 1. The summed E-state index contributed by atoms with van der Waals surface area (Å²) in [6.45, 7) is 4.74. The molecule has 5 nitrogen and oxygen atoms in total. The molecule has 1 aromatic carbocycles. The first kappa shape index (κ1) is 14.4. The van der Waals surface area contributed by atoms with E-state index in [1.165, 1.54) is 0 Å². The fourth-order valence-corrected chi connectivity index (χ4v) is 2.17. The predicted octanol–water partition coefficient (Wildman–Crippen LogP) is 2.52. The Morgan fingerprint density at radius 3 is 2.90 bits per heavy atom. The lowest BCUT2D eigenvalue weighted by atomic mass is 10.3. The minimum atomic E-state index is -0.227. The van der Waals surface area contributed by atoms with Crippen LogP contribution < -0.4 is 5.73 Å². The largest absolute Gasteiger partial charge is 0.464 e. The van der Waals surface area contributed by atoms with Gasteiger partial charge in [0.1, 0.15) is 17.9 Å². The van der Waals surface area contributed by atoms with Gasteiger partial charge >= 0.3 is 5.97 Å². The Labute approximate surface area is 118 Å². The number of nitrogens with two attached hydrogens (primary N) is 1. The van der Waals surface area contributed by atoms with Crippen molar-refractivity contribution in [1.82, 2.24) is 9.55 Å². The van der Waals surface area contributed by atoms with Crippen molar-refractivity contribution in [2.75, 3.05) is 12.3 Å². The average molecular weight is 275 g/mol. The van der Waals surface area contributed by atoms with Crippen LogP contribution in [-0.4, -0.2) is 22.1 Å². The number of anilines is 1. The van der Waals surface area contributed by atoms with Gasteiger partial charge in [0.15, 0.2) is 0 Å². The van der Waals surface area contributed by atoms with E-state index in [4.69, 9.17) is 10.5 Å². The third-order valence-corrected chi connectivity index (χ3v) is 3.25. The number of hydrogen-bond donors (Lipinski definition) is 1. The van der Waals surface area contributed by atoms with Gasteiger partial charge < -0.3 is 15.0 Å². The maximum Gasteiger partial charge on any atom is 0.326 e. The monoisotopic (exact) mass is 275 g/mol. The second kappa shape index (κ2) is 6.41. The van der Waals surface area contributed by atoms with Gasteiger partial charge in [-0.3, -0.25) is 4.79 Å². The number of fused-ring (bicyclic) bond motifs is 1. The van der Waals surface area contributed by atoms with Crippen LogP contribution in [0.4, 0.5) is 5.69 Å². The molecule has 20 heavy (non-hydrogen) atoms. The van der Waals surface area contributed by atoms with Crippen LogP contribution in [-0.2, 0) is 22.5 Å². The maximum atomic E-state index is 11.9. The Kier molecular flexibility index (Phi) is 4.61. The number of benzene rings is 1. The maximum absolute atomic E-state index is 11.9. The summed E-state index contributed by atoms with van der Waals surface area (Å²) in [5.41, 5.74) is 8.20. The third-order valence-electron chi connectivity index (χ3n) is 3.25. The molecule has 0 aliphatic rings. The molecule has 0 amide bonds. The summed E-state index contributed by atoms with van der Waals surface area (Å²) in [5.74, 6) is 0.625. The molecule has 0 spiro atoms. The number of unbranched alkanes of at least 4 members (excludes halogenated alkanes) is 1. The highest BCUT2D eigenvalue weighted by atomic mass is 16.5. The van der Waals surface area contributed by atoms with Gasteiger partial charge in [0.2, 0.25) is 0 Å². The SMILES string of the molecule is CCCCOC(=O)Cn1c(CC)nc2c(N)cccc21. The van der Waals surface area contributed by atoms with Gasteiger partial charge in [-0.2, -0.15) is 0 Å². The lowest BCUT2D eigenvalue weighted by Gasteiger charge is -2.08. The normalized spacial score (nSPS) is 10.9. The van der Waals surface area contributed by atoms with E-state index in [1.807, 2.05) is 29.7 Å². The number of nitrogens with zero attached hydrogens (tertiary/aromatic N) is 2. The van der Waals surface area contributed by atoms with Gasteiger partial charge in [0.25, 0.3) is 0 Å². The van der Waals surface area contributed by atoms with E-state index in [0.717, 1.165) is 36.1 Å². The average Bonchev–Trinajstić information content (AvgIpc) is 2.79. The van der Waals surface area contributed by atoms with Gasteiger partial charge in [-0.15, -0.1) is 0 Å². The van der Waals surface area contributed by atoms with Crippen LogP contribution in [0.3, 0.4) is 0 Å². The molecule has 1 heterocycles. The van der Waals surface area contributed by atoms with Gasteiger partial charge in [0.05, 0.1) is 17.8 Å². The van der Waals surface area contributed by atoms with E-state index >= 15 is 0 Å². The molecule has 108 valence electrons. The van der Waals surface area contributed by atoms with Crippen LogP contribution in [0.1, 0.15) is 32.5 Å². The quantitative estimate of drug-likeness (QED) is 0.499. The molecule has 0 aliphatic carbocycles. The van der Waals surface area contributed by atoms with E-state index in [0.29, 0.717) is 12.3 Å². The van der Waals surface area contributed by atoms with E-state index in [-0.39, 0.29) is 12.5 Å². The summed E-state index contributed by atoms with van der Waals surface area (Å²) in [6.07, 6.45) is 2.65. The second-order valence-corrected chi connectivity index (χ2v) is 4.76. The number of nitrogen functional groups attached to an aromatic ring is 1. The Hall–Kier alpha value is -2.04. The summed E-state index contributed by atoms with van der Waals surface area (Å²) in [4.78, 5) is 16.4. The van der Waals surface area contributed by atoms with E-state index < -0.39 is 0 Å². The van der Waals surface area contributed by atoms with Gasteiger partial charge in [-0.05, 0) is 18.6 Å². The van der Waals surface area contributed by atoms with Gasteiger partial charge in [-0.25, -0.2) is 4.98 Å². The first-order chi connectivity index (χ1) is 9.67. The zero-order valence-corrected chi connectivity index (χ0v) is 12.1. The minimum absolute atomic E-state index is 0.187. The number of rotatable bonds is 6. The first-order valence-electron chi connectivity index (χ1n) is 7.06. The molecule has 2 N–H and O–H groups in total. The van der Waals surface area contributed by atoms with Crippen LogP contribution in [0, 0.1) is 0 Å². The molecule has 0 atom stereocenters. The summed E-state index contributed by atoms with van der Waals surface area (Å²) in [7, 11) is 0.